The van der Waals surface area contributed by atoms with E-state index < -0.39 is 0 Å². The number of rotatable bonds is 5. The number of aromatic amines is 1. The van der Waals surface area contributed by atoms with E-state index in [0.29, 0.717) is 0 Å². The van der Waals surface area contributed by atoms with Gasteiger partial charge in [-0.3, -0.25) is 0 Å². The number of pyridine rings is 1. The Morgan fingerprint density at radius 1 is 0.963 bits per heavy atom. The number of hydrogen-bond donors (Lipinski definition) is 1. The molecule has 4 N–H and O–H groups in total. The fourth-order valence-corrected chi connectivity index (χ4v) is 3.65. The third kappa shape index (κ3) is 3.70. The zero-order chi connectivity index (χ0) is 18.6. The smallest absolute Gasteiger partial charge is 0.354 e. The molecule has 0 aliphatic rings. The van der Waals surface area contributed by atoms with Crippen LogP contribution in [0.4, 0.5) is 0 Å². The lowest BCUT2D eigenvalue weighted by atomic mass is 9.98. The van der Waals surface area contributed by atoms with Crippen molar-refractivity contribution < 1.29 is 10.7 Å². The van der Waals surface area contributed by atoms with Crippen LogP contribution in [0.5, 0.6) is 0 Å². The number of fused-ring (bicyclic) bond motifs is 1. The van der Waals surface area contributed by atoms with Crippen molar-refractivity contribution in [2.45, 2.75) is 18.6 Å². The topological polar surface area (TPSA) is 67.6 Å². The van der Waals surface area contributed by atoms with Crippen molar-refractivity contribution in [2.24, 2.45) is 0 Å². The molecule has 134 valence electrons. The summed E-state index contributed by atoms with van der Waals surface area (Å²) in [5.74, 6) is 0.969. The minimum Gasteiger partial charge on any atom is -0.354 e. The first-order valence-corrected chi connectivity index (χ1v) is 10.1. The van der Waals surface area contributed by atoms with Crippen LogP contribution in [0.25, 0.3) is 33.4 Å². The number of thioether (sulfide) groups is 1. The van der Waals surface area contributed by atoms with Gasteiger partial charge in [0.2, 0.25) is 0 Å². The Morgan fingerprint density at radius 3 is 2.44 bits per heavy atom. The van der Waals surface area contributed by atoms with Crippen LogP contribution in [0.3, 0.4) is 0 Å². The second-order valence-electron chi connectivity index (χ2n) is 6.25. The summed E-state index contributed by atoms with van der Waals surface area (Å²) in [7, 11) is 0. The van der Waals surface area contributed by atoms with Gasteiger partial charge in [-0.2, -0.15) is 0 Å². The molecule has 0 aliphatic heterocycles. The molecule has 2 aromatic carbocycles. The van der Waals surface area contributed by atoms with E-state index in [2.05, 4.69) is 72.2 Å². The van der Waals surface area contributed by atoms with E-state index in [1.807, 2.05) is 12.3 Å². The van der Waals surface area contributed by atoms with Crippen LogP contribution in [0.15, 0.2) is 72.0 Å². The summed E-state index contributed by atoms with van der Waals surface area (Å²) in [6.45, 7) is 2.90. The van der Waals surface area contributed by atoms with Gasteiger partial charge in [0.05, 0.1) is 17.6 Å². The van der Waals surface area contributed by atoms with Crippen molar-refractivity contribution in [3.63, 3.8) is 0 Å². The zero-order valence-electron chi connectivity index (χ0n) is 15.3. The molecule has 0 unspecified atom stereocenters. The summed E-state index contributed by atoms with van der Waals surface area (Å²) in [6, 6.07) is 21.0. The Kier molecular flexibility index (Phi) is 5.14. The second kappa shape index (κ2) is 7.86. The van der Waals surface area contributed by atoms with E-state index in [0.717, 1.165) is 50.9 Å². The summed E-state index contributed by atoms with van der Waals surface area (Å²) in [4.78, 5) is 12.9. The van der Waals surface area contributed by atoms with Gasteiger partial charge in [-0.15, -0.1) is 0 Å². The van der Waals surface area contributed by atoms with Crippen molar-refractivity contribution in [1.29, 1.82) is 0 Å². The molecule has 0 radical (unpaired) electrons. The molecule has 2 heterocycles. The Bertz CT molecular complexity index is 1060. The molecule has 4 nitrogen and oxygen atoms in total. The van der Waals surface area contributed by atoms with Gasteiger partial charge in [0.1, 0.15) is 6.20 Å². The van der Waals surface area contributed by atoms with E-state index in [1.165, 1.54) is 5.56 Å². The van der Waals surface area contributed by atoms with Crippen molar-refractivity contribution in [3.8, 4) is 22.4 Å². The highest BCUT2D eigenvalue weighted by atomic mass is 32.2. The van der Waals surface area contributed by atoms with Crippen molar-refractivity contribution in [3.05, 3.63) is 72.4 Å². The minimum absolute atomic E-state index is 0.764. The predicted molar refractivity (Wildman–Crippen MR) is 110 cm³/mol. The first kappa shape index (κ1) is 17.6. The molecule has 4 rings (SSSR count). The third-order valence-electron chi connectivity index (χ3n) is 4.47. The molecular weight excluding hydrogens is 352 g/mol. The molecule has 2 aromatic heterocycles. The summed E-state index contributed by atoms with van der Waals surface area (Å²) >= 11 is 1.68. The normalized spacial score (nSPS) is 11.0. The lowest BCUT2D eigenvalue weighted by Gasteiger charge is -2.10. The molecule has 27 heavy (non-hydrogen) atoms. The number of nitrogens with one attached hydrogen (secondary N) is 1. The van der Waals surface area contributed by atoms with Gasteiger partial charge < -0.3 is 5.73 Å². The molecular formula is C22H22N4S+2. The van der Waals surface area contributed by atoms with E-state index in [-0.39, 0.29) is 0 Å². The monoisotopic (exact) mass is 374 g/mol. The predicted octanol–water partition coefficient (Wildman–Crippen LogP) is 3.63. The Balaban J connectivity index is 1.93. The SMILES string of the molecule is CCSc1nc2nc(-c3ccc(C[NH3+])cc3)c(-c3ccccc3)cc2c[nH+]1. The highest BCUT2D eigenvalue weighted by Crippen LogP contribution is 2.33. The van der Waals surface area contributed by atoms with E-state index in [4.69, 9.17) is 9.97 Å². The van der Waals surface area contributed by atoms with Crippen LogP contribution in [-0.4, -0.2) is 15.7 Å². The van der Waals surface area contributed by atoms with Crippen LogP contribution < -0.4 is 10.7 Å². The minimum atomic E-state index is 0.764. The fraction of sp³-hybridized carbons (Fsp3) is 0.136. The van der Waals surface area contributed by atoms with Gasteiger partial charge in [0, 0.05) is 22.4 Å². The molecule has 0 spiro atoms. The van der Waals surface area contributed by atoms with Crippen LogP contribution in [-0.2, 0) is 6.54 Å². The number of H-pyrrole nitrogens is 1. The van der Waals surface area contributed by atoms with Crippen molar-refractivity contribution >= 4 is 22.8 Å². The highest BCUT2D eigenvalue weighted by molar-refractivity contribution is 7.99. The maximum atomic E-state index is 4.96. The van der Waals surface area contributed by atoms with Gasteiger partial charge in [0.15, 0.2) is 0 Å². The number of hydrogen-bond acceptors (Lipinski definition) is 3. The maximum absolute atomic E-state index is 4.96. The zero-order valence-corrected chi connectivity index (χ0v) is 16.1. The van der Waals surface area contributed by atoms with Gasteiger partial charge in [-0.25, -0.2) is 9.97 Å². The first-order chi connectivity index (χ1) is 13.3. The average molecular weight is 375 g/mol. The molecule has 0 aliphatic carbocycles. The average Bonchev–Trinajstić information content (AvgIpc) is 2.74. The lowest BCUT2D eigenvalue weighted by Crippen LogP contribution is -2.47. The van der Waals surface area contributed by atoms with Gasteiger partial charge in [-0.05, 0) is 28.4 Å². The summed E-state index contributed by atoms with van der Waals surface area (Å²) < 4.78 is 0. The standard InChI is InChI=1S/C22H20N4S/c1-2-27-22-24-14-18-12-19(16-6-4-3-5-7-16)20(25-21(18)26-22)17-10-8-15(13-23)9-11-17/h3-12,14H,2,13,23H2,1H3/p+2. The molecule has 0 saturated carbocycles. The largest absolute Gasteiger partial charge is 0.359 e. The molecule has 5 heteroatoms. The van der Waals surface area contributed by atoms with Gasteiger partial charge >= 0.3 is 5.16 Å². The number of benzene rings is 2. The Morgan fingerprint density at radius 2 is 1.74 bits per heavy atom. The maximum Gasteiger partial charge on any atom is 0.359 e. The van der Waals surface area contributed by atoms with E-state index >= 15 is 0 Å². The molecule has 0 saturated heterocycles. The van der Waals surface area contributed by atoms with Gasteiger partial charge in [-0.1, -0.05) is 61.5 Å². The van der Waals surface area contributed by atoms with Gasteiger partial charge in [0.25, 0.3) is 5.65 Å². The second-order valence-corrected chi connectivity index (χ2v) is 7.50. The fourth-order valence-electron chi connectivity index (χ4n) is 3.08. The summed E-state index contributed by atoms with van der Waals surface area (Å²) in [5, 5.41) is 1.90. The quantitative estimate of drug-likeness (QED) is 0.428. The Labute approximate surface area is 162 Å². The van der Waals surface area contributed by atoms with Crippen molar-refractivity contribution in [1.82, 2.24) is 9.97 Å². The van der Waals surface area contributed by atoms with E-state index in [9.17, 15) is 0 Å². The summed E-state index contributed by atoms with van der Waals surface area (Å²) in [5.41, 5.74) is 10.2. The number of aromatic nitrogens is 3. The number of quaternary nitrogens is 1. The molecule has 0 atom stereocenters. The lowest BCUT2D eigenvalue weighted by molar-refractivity contribution is -0.431. The molecule has 0 bridgehead atoms. The molecule has 0 amide bonds. The first-order valence-electron chi connectivity index (χ1n) is 9.08. The Hall–Kier alpha value is -2.76. The van der Waals surface area contributed by atoms with Crippen LogP contribution >= 0.6 is 11.8 Å². The van der Waals surface area contributed by atoms with Crippen LogP contribution in [0.2, 0.25) is 0 Å². The molecule has 4 aromatic rings. The number of nitrogens with zero attached hydrogens (tertiary/aromatic N) is 2. The highest BCUT2D eigenvalue weighted by Gasteiger charge is 2.16. The van der Waals surface area contributed by atoms with Crippen molar-refractivity contribution in [2.75, 3.05) is 5.75 Å². The van der Waals surface area contributed by atoms with Crippen LogP contribution in [0, 0.1) is 0 Å². The third-order valence-corrected chi connectivity index (χ3v) is 5.24. The van der Waals surface area contributed by atoms with Crippen LogP contribution in [0.1, 0.15) is 12.5 Å². The molecule has 0 fully saturated rings. The summed E-state index contributed by atoms with van der Waals surface area (Å²) in [6.07, 6.45) is 2.00. The van der Waals surface area contributed by atoms with E-state index in [1.54, 1.807) is 11.8 Å².